The average Bonchev–Trinajstić information content (AvgIpc) is 3.01. The van der Waals surface area contributed by atoms with Crippen molar-refractivity contribution in [1.29, 1.82) is 0 Å². The summed E-state index contributed by atoms with van der Waals surface area (Å²) in [7, 11) is 0. The Morgan fingerprint density at radius 1 is 1.24 bits per heavy atom. The number of nitrogens with zero attached hydrogens (tertiary/aromatic N) is 2. The topological polar surface area (TPSA) is 43.8 Å². The standard InChI is InChI=1S/C14H17N3/c15-11-3-4-13-12(7-11)16-8-17(13)14-6-9-1-2-10(14)5-9/h3-4,7-10,14H,1-2,5-6,15H2. The van der Waals surface area contributed by atoms with E-state index in [4.69, 9.17) is 5.73 Å². The maximum atomic E-state index is 5.80. The Kier molecular flexibility index (Phi) is 1.82. The fourth-order valence-corrected chi connectivity index (χ4v) is 3.86. The number of aromatic nitrogens is 2. The first-order valence-electron chi connectivity index (χ1n) is 6.53. The largest absolute Gasteiger partial charge is 0.399 e. The van der Waals surface area contributed by atoms with Crippen LogP contribution < -0.4 is 5.73 Å². The number of anilines is 1. The first-order valence-corrected chi connectivity index (χ1v) is 6.53. The van der Waals surface area contributed by atoms with E-state index in [-0.39, 0.29) is 0 Å². The number of fused-ring (bicyclic) bond motifs is 3. The maximum Gasteiger partial charge on any atom is 0.0961 e. The van der Waals surface area contributed by atoms with Crippen LogP contribution in [-0.2, 0) is 0 Å². The summed E-state index contributed by atoms with van der Waals surface area (Å²) in [5, 5.41) is 0. The molecule has 2 aliphatic rings. The van der Waals surface area contributed by atoms with Gasteiger partial charge < -0.3 is 10.3 Å². The predicted molar refractivity (Wildman–Crippen MR) is 68.6 cm³/mol. The molecule has 4 rings (SSSR count). The molecule has 3 heteroatoms. The first kappa shape index (κ1) is 9.51. The van der Waals surface area contributed by atoms with E-state index >= 15 is 0 Å². The highest BCUT2D eigenvalue weighted by Crippen LogP contribution is 2.51. The van der Waals surface area contributed by atoms with Crippen molar-refractivity contribution in [2.45, 2.75) is 31.7 Å². The van der Waals surface area contributed by atoms with Gasteiger partial charge in [-0.1, -0.05) is 6.42 Å². The predicted octanol–water partition coefficient (Wildman–Crippen LogP) is 2.98. The van der Waals surface area contributed by atoms with Crippen molar-refractivity contribution < 1.29 is 0 Å². The fourth-order valence-electron chi connectivity index (χ4n) is 3.86. The molecule has 3 unspecified atom stereocenters. The van der Waals surface area contributed by atoms with Crippen LogP contribution in [-0.4, -0.2) is 9.55 Å². The maximum absolute atomic E-state index is 5.80. The highest BCUT2D eigenvalue weighted by molar-refractivity contribution is 5.79. The van der Waals surface area contributed by atoms with E-state index in [1.807, 2.05) is 18.5 Å². The van der Waals surface area contributed by atoms with Gasteiger partial charge in [0.2, 0.25) is 0 Å². The van der Waals surface area contributed by atoms with Gasteiger partial charge in [0.1, 0.15) is 0 Å². The molecule has 3 nitrogen and oxygen atoms in total. The number of hydrogen-bond acceptors (Lipinski definition) is 2. The van der Waals surface area contributed by atoms with Crippen molar-refractivity contribution in [3.05, 3.63) is 24.5 Å². The van der Waals surface area contributed by atoms with Crippen molar-refractivity contribution in [2.24, 2.45) is 11.8 Å². The third-order valence-corrected chi connectivity index (χ3v) is 4.66. The van der Waals surface area contributed by atoms with Crippen LogP contribution >= 0.6 is 0 Å². The molecule has 88 valence electrons. The van der Waals surface area contributed by atoms with Gasteiger partial charge in [0.25, 0.3) is 0 Å². The summed E-state index contributed by atoms with van der Waals surface area (Å²) in [4.78, 5) is 4.49. The van der Waals surface area contributed by atoms with Crippen LogP contribution in [0.2, 0.25) is 0 Å². The van der Waals surface area contributed by atoms with Gasteiger partial charge in [-0.25, -0.2) is 4.98 Å². The minimum absolute atomic E-state index is 0.683. The van der Waals surface area contributed by atoms with Crippen molar-refractivity contribution in [3.63, 3.8) is 0 Å². The van der Waals surface area contributed by atoms with Crippen molar-refractivity contribution in [2.75, 3.05) is 5.73 Å². The number of rotatable bonds is 1. The molecule has 0 amide bonds. The molecule has 2 bridgehead atoms. The Hall–Kier alpha value is -1.51. The molecule has 0 saturated heterocycles. The van der Waals surface area contributed by atoms with Crippen LogP contribution in [0.4, 0.5) is 5.69 Å². The second-order valence-corrected chi connectivity index (χ2v) is 5.64. The zero-order chi connectivity index (χ0) is 11.4. The highest BCUT2D eigenvalue weighted by Gasteiger charge is 2.40. The highest BCUT2D eigenvalue weighted by atomic mass is 15.1. The van der Waals surface area contributed by atoms with Crippen molar-refractivity contribution >= 4 is 16.7 Å². The van der Waals surface area contributed by atoms with Gasteiger partial charge in [0.15, 0.2) is 0 Å². The summed E-state index contributed by atoms with van der Waals surface area (Å²) in [6.45, 7) is 0. The monoisotopic (exact) mass is 227 g/mol. The van der Waals surface area contributed by atoms with Gasteiger partial charge in [-0.3, -0.25) is 0 Å². The molecule has 2 fully saturated rings. The number of nitrogen functional groups attached to an aromatic ring is 1. The van der Waals surface area contributed by atoms with Gasteiger partial charge in [-0.05, 0) is 49.3 Å². The van der Waals surface area contributed by atoms with Gasteiger partial charge in [0.05, 0.1) is 17.4 Å². The SMILES string of the molecule is Nc1ccc2c(c1)ncn2C1CC2CCC1C2. The van der Waals surface area contributed by atoms with Crippen LogP contribution in [0.25, 0.3) is 11.0 Å². The second-order valence-electron chi connectivity index (χ2n) is 5.64. The quantitative estimate of drug-likeness (QED) is 0.761. The number of nitrogens with two attached hydrogens (primary N) is 1. The lowest BCUT2D eigenvalue weighted by molar-refractivity contribution is 0.336. The smallest absolute Gasteiger partial charge is 0.0961 e. The molecule has 0 aliphatic heterocycles. The van der Waals surface area contributed by atoms with E-state index in [0.29, 0.717) is 6.04 Å². The minimum atomic E-state index is 0.683. The van der Waals surface area contributed by atoms with Gasteiger partial charge >= 0.3 is 0 Å². The van der Waals surface area contributed by atoms with Crippen LogP contribution in [0.3, 0.4) is 0 Å². The van der Waals surface area contributed by atoms with E-state index in [9.17, 15) is 0 Å². The Bertz CT molecular complexity index is 572. The summed E-state index contributed by atoms with van der Waals surface area (Å²) in [6, 6.07) is 6.75. The van der Waals surface area contributed by atoms with Gasteiger partial charge in [-0.15, -0.1) is 0 Å². The van der Waals surface area contributed by atoms with E-state index in [0.717, 1.165) is 23.0 Å². The number of benzene rings is 1. The van der Waals surface area contributed by atoms with Crippen LogP contribution in [0.1, 0.15) is 31.7 Å². The first-order chi connectivity index (χ1) is 8.31. The number of hydrogen-bond donors (Lipinski definition) is 1. The minimum Gasteiger partial charge on any atom is -0.399 e. The van der Waals surface area contributed by atoms with E-state index in [1.54, 1.807) is 0 Å². The van der Waals surface area contributed by atoms with Gasteiger partial charge in [0, 0.05) is 11.7 Å². The summed E-state index contributed by atoms with van der Waals surface area (Å²) in [5.41, 5.74) is 8.88. The molecule has 0 spiro atoms. The molecule has 2 aromatic rings. The lowest BCUT2D eigenvalue weighted by Crippen LogP contribution is -2.15. The van der Waals surface area contributed by atoms with E-state index in [2.05, 4.69) is 15.6 Å². The van der Waals surface area contributed by atoms with Crippen molar-refractivity contribution in [1.82, 2.24) is 9.55 Å². The molecule has 2 saturated carbocycles. The lowest BCUT2D eigenvalue weighted by atomic mass is 9.95. The fraction of sp³-hybridized carbons (Fsp3) is 0.500. The van der Waals surface area contributed by atoms with Crippen LogP contribution in [0.15, 0.2) is 24.5 Å². The lowest BCUT2D eigenvalue weighted by Gasteiger charge is -2.23. The molecule has 1 heterocycles. The zero-order valence-electron chi connectivity index (χ0n) is 9.84. The Labute approximate surface area is 101 Å². The summed E-state index contributed by atoms with van der Waals surface area (Å²) < 4.78 is 2.39. The van der Waals surface area contributed by atoms with E-state index in [1.165, 1.54) is 31.2 Å². The molecule has 17 heavy (non-hydrogen) atoms. The average molecular weight is 227 g/mol. The third-order valence-electron chi connectivity index (χ3n) is 4.66. The zero-order valence-corrected chi connectivity index (χ0v) is 9.84. The molecule has 2 N–H and O–H groups in total. The van der Waals surface area contributed by atoms with Crippen molar-refractivity contribution in [3.8, 4) is 0 Å². The number of imidazole rings is 1. The van der Waals surface area contributed by atoms with Crippen LogP contribution in [0, 0.1) is 11.8 Å². The molecule has 1 aromatic carbocycles. The van der Waals surface area contributed by atoms with E-state index < -0.39 is 0 Å². The summed E-state index contributed by atoms with van der Waals surface area (Å²) in [5.74, 6) is 1.85. The Morgan fingerprint density at radius 2 is 2.18 bits per heavy atom. The molecular weight excluding hydrogens is 210 g/mol. The van der Waals surface area contributed by atoms with Crippen LogP contribution in [0.5, 0.6) is 0 Å². The Morgan fingerprint density at radius 3 is 2.94 bits per heavy atom. The normalized spacial score (nSPS) is 31.4. The third kappa shape index (κ3) is 1.31. The second kappa shape index (κ2) is 3.25. The summed E-state index contributed by atoms with van der Waals surface area (Å²) >= 11 is 0. The van der Waals surface area contributed by atoms with Gasteiger partial charge in [-0.2, -0.15) is 0 Å². The molecular formula is C14H17N3. The molecule has 3 atom stereocenters. The molecule has 0 radical (unpaired) electrons. The summed E-state index contributed by atoms with van der Waals surface area (Å²) in [6.07, 6.45) is 7.64. The Balaban J connectivity index is 1.81. The molecule has 2 aliphatic carbocycles. The molecule has 1 aromatic heterocycles.